The molecule has 0 aromatic rings. The van der Waals surface area contributed by atoms with E-state index in [1.807, 2.05) is 27.7 Å². The maximum absolute atomic E-state index is 5.06. The van der Waals surface area contributed by atoms with Crippen LogP contribution in [0.4, 0.5) is 0 Å². The lowest BCUT2D eigenvalue weighted by atomic mass is 10.2. The molecule has 0 aromatic heterocycles. The molecule has 1 N–H and O–H groups in total. The molecule has 0 bridgehead atoms. The van der Waals surface area contributed by atoms with Gasteiger partial charge in [-0.25, -0.2) is 0 Å². The van der Waals surface area contributed by atoms with Crippen LogP contribution in [-0.4, -0.2) is 26.3 Å². The van der Waals surface area contributed by atoms with Crippen LogP contribution in [0.5, 0.6) is 0 Å². The van der Waals surface area contributed by atoms with Gasteiger partial charge in [-0.05, 0) is 37.8 Å². The molecule has 0 spiro atoms. The summed E-state index contributed by atoms with van der Waals surface area (Å²) in [6, 6.07) is 0. The third-order valence-electron chi connectivity index (χ3n) is 2.46. The van der Waals surface area contributed by atoms with E-state index in [9.17, 15) is 0 Å². The van der Waals surface area contributed by atoms with Gasteiger partial charge in [-0.3, -0.25) is 0 Å². The summed E-state index contributed by atoms with van der Waals surface area (Å²) >= 11 is 0. The van der Waals surface area contributed by atoms with Gasteiger partial charge >= 0.3 is 0 Å². The van der Waals surface area contributed by atoms with E-state index in [4.69, 9.17) is 4.74 Å². The largest absolute Gasteiger partial charge is 0.381 e. The Bertz CT molecular complexity index is 102. The van der Waals surface area contributed by atoms with Crippen LogP contribution in [0.3, 0.4) is 0 Å². The Kier molecular flexibility index (Phi) is 27.7. The van der Waals surface area contributed by atoms with Gasteiger partial charge < -0.3 is 10.1 Å². The fourth-order valence-electron chi connectivity index (χ4n) is 1.45. The topological polar surface area (TPSA) is 21.3 Å². The average molecular weight is 259 g/mol. The number of hydrogen-bond donors (Lipinski definition) is 1. The Labute approximate surface area is 116 Å². The predicted molar refractivity (Wildman–Crippen MR) is 85.2 cm³/mol. The highest BCUT2D eigenvalue weighted by Crippen LogP contribution is 2.09. The maximum Gasteiger partial charge on any atom is 0.0492 e. The van der Waals surface area contributed by atoms with Crippen LogP contribution >= 0.6 is 0 Å². The van der Waals surface area contributed by atoms with E-state index >= 15 is 0 Å². The molecule has 2 unspecified atom stereocenters. The summed E-state index contributed by atoms with van der Waals surface area (Å²) in [5.41, 5.74) is 0. The SMILES string of the molecule is C=C.CC.CC.CC1CCNC1.CC1CCOC1. The van der Waals surface area contributed by atoms with E-state index in [0.717, 1.165) is 25.0 Å². The van der Waals surface area contributed by atoms with Crippen molar-refractivity contribution in [2.45, 2.75) is 54.4 Å². The van der Waals surface area contributed by atoms with E-state index in [0.29, 0.717) is 0 Å². The molecule has 2 saturated heterocycles. The predicted octanol–water partition coefficient (Wildman–Crippen LogP) is 4.51. The summed E-state index contributed by atoms with van der Waals surface area (Å²) in [6.07, 6.45) is 2.64. The Morgan fingerprint density at radius 3 is 1.61 bits per heavy atom. The van der Waals surface area contributed by atoms with Gasteiger partial charge in [-0.15, -0.1) is 13.2 Å². The van der Waals surface area contributed by atoms with E-state index in [-0.39, 0.29) is 0 Å². The van der Waals surface area contributed by atoms with Crippen molar-refractivity contribution in [1.82, 2.24) is 5.32 Å². The maximum atomic E-state index is 5.06. The highest BCUT2D eigenvalue weighted by molar-refractivity contribution is 4.65. The van der Waals surface area contributed by atoms with Crippen LogP contribution in [0.25, 0.3) is 0 Å². The van der Waals surface area contributed by atoms with Crippen LogP contribution in [0.2, 0.25) is 0 Å². The molecule has 0 amide bonds. The van der Waals surface area contributed by atoms with Crippen molar-refractivity contribution in [2.75, 3.05) is 26.3 Å². The molecule has 0 aromatic carbocycles. The van der Waals surface area contributed by atoms with Crippen molar-refractivity contribution >= 4 is 0 Å². The second-order valence-corrected chi connectivity index (χ2v) is 4.07. The van der Waals surface area contributed by atoms with E-state index in [2.05, 4.69) is 32.3 Å². The fraction of sp³-hybridized carbons (Fsp3) is 0.875. The Balaban J connectivity index is -0.000000178. The van der Waals surface area contributed by atoms with Crippen molar-refractivity contribution in [3.8, 4) is 0 Å². The minimum absolute atomic E-state index is 0.824. The van der Waals surface area contributed by atoms with Gasteiger partial charge in [-0.1, -0.05) is 41.5 Å². The van der Waals surface area contributed by atoms with Gasteiger partial charge in [-0.2, -0.15) is 0 Å². The lowest BCUT2D eigenvalue weighted by Crippen LogP contribution is -2.06. The second kappa shape index (κ2) is 21.9. The lowest BCUT2D eigenvalue weighted by Gasteiger charge is -1.90. The Morgan fingerprint density at radius 1 is 0.944 bits per heavy atom. The first kappa shape index (κ1) is 22.8. The Hall–Kier alpha value is -0.340. The van der Waals surface area contributed by atoms with Crippen molar-refractivity contribution < 1.29 is 4.74 Å². The van der Waals surface area contributed by atoms with Crippen molar-refractivity contribution in [3.63, 3.8) is 0 Å². The summed E-state index contributed by atoms with van der Waals surface area (Å²) in [5.74, 6) is 1.76. The van der Waals surface area contributed by atoms with Gasteiger partial charge in [0.25, 0.3) is 0 Å². The molecule has 2 nitrogen and oxygen atoms in total. The summed E-state index contributed by atoms with van der Waals surface area (Å²) < 4.78 is 5.06. The van der Waals surface area contributed by atoms with E-state index in [1.54, 1.807) is 0 Å². The van der Waals surface area contributed by atoms with Gasteiger partial charge in [0.1, 0.15) is 0 Å². The zero-order valence-corrected chi connectivity index (χ0v) is 13.7. The first-order valence-electron chi connectivity index (χ1n) is 7.57. The molecule has 18 heavy (non-hydrogen) atoms. The minimum atomic E-state index is 0.824. The highest BCUT2D eigenvalue weighted by atomic mass is 16.5. The minimum Gasteiger partial charge on any atom is -0.381 e. The normalized spacial score (nSPS) is 23.9. The van der Waals surface area contributed by atoms with Crippen LogP contribution in [-0.2, 0) is 4.74 Å². The molecule has 2 aliphatic heterocycles. The number of ether oxygens (including phenoxy) is 1. The molecular weight excluding hydrogens is 222 g/mol. The van der Waals surface area contributed by atoms with Crippen molar-refractivity contribution in [3.05, 3.63) is 13.2 Å². The molecule has 0 aliphatic carbocycles. The van der Waals surface area contributed by atoms with E-state index < -0.39 is 0 Å². The number of nitrogens with one attached hydrogen (secondary N) is 1. The van der Waals surface area contributed by atoms with E-state index in [1.165, 1.54) is 25.9 Å². The molecule has 2 fully saturated rings. The first-order chi connectivity index (χ1) is 8.79. The lowest BCUT2D eigenvalue weighted by molar-refractivity contribution is 0.188. The van der Waals surface area contributed by atoms with Gasteiger partial charge in [0, 0.05) is 13.2 Å². The second-order valence-electron chi connectivity index (χ2n) is 4.07. The first-order valence-corrected chi connectivity index (χ1v) is 7.57. The smallest absolute Gasteiger partial charge is 0.0492 e. The summed E-state index contributed by atoms with van der Waals surface area (Å²) in [5, 5.41) is 3.27. The third kappa shape index (κ3) is 18.0. The monoisotopic (exact) mass is 259 g/mol. The average Bonchev–Trinajstić information content (AvgIpc) is 3.11. The van der Waals surface area contributed by atoms with Gasteiger partial charge in [0.05, 0.1) is 0 Å². The fourth-order valence-corrected chi connectivity index (χ4v) is 1.45. The molecule has 2 atom stereocenters. The zero-order valence-electron chi connectivity index (χ0n) is 13.7. The molecule has 112 valence electrons. The number of rotatable bonds is 0. The van der Waals surface area contributed by atoms with Crippen molar-refractivity contribution in [1.29, 1.82) is 0 Å². The third-order valence-corrected chi connectivity index (χ3v) is 2.46. The van der Waals surface area contributed by atoms with Gasteiger partial charge in [0.2, 0.25) is 0 Å². The van der Waals surface area contributed by atoms with Crippen LogP contribution < -0.4 is 5.32 Å². The van der Waals surface area contributed by atoms with Crippen LogP contribution in [0, 0.1) is 11.8 Å². The molecular formula is C16H37NO. The van der Waals surface area contributed by atoms with Gasteiger partial charge in [0.15, 0.2) is 0 Å². The van der Waals surface area contributed by atoms with Crippen LogP contribution in [0.1, 0.15) is 54.4 Å². The summed E-state index contributed by atoms with van der Waals surface area (Å²) in [4.78, 5) is 0. The highest BCUT2D eigenvalue weighted by Gasteiger charge is 2.07. The molecule has 2 heteroatoms. The number of hydrogen-bond acceptors (Lipinski definition) is 2. The zero-order chi connectivity index (χ0) is 14.8. The molecule has 2 rings (SSSR count). The van der Waals surface area contributed by atoms with Crippen LogP contribution in [0.15, 0.2) is 13.2 Å². The quantitative estimate of drug-likeness (QED) is 0.646. The molecule has 0 radical (unpaired) electrons. The summed E-state index contributed by atoms with van der Waals surface area (Å²) in [7, 11) is 0. The summed E-state index contributed by atoms with van der Waals surface area (Å²) in [6.45, 7) is 22.9. The Morgan fingerprint density at radius 2 is 1.50 bits per heavy atom. The molecule has 2 heterocycles. The molecule has 2 aliphatic rings. The van der Waals surface area contributed by atoms with Crippen molar-refractivity contribution in [2.24, 2.45) is 11.8 Å². The molecule has 0 saturated carbocycles. The standard InChI is InChI=1S/C5H11N.C5H10O.2C2H6.C2H4/c2*1-5-2-3-6-4-5;3*1-2/h5-6H,2-4H2,1H3;5H,2-4H2,1H3;2*1-2H3;1-2H2.